The fourth-order valence-corrected chi connectivity index (χ4v) is 3.72. The van der Waals surface area contributed by atoms with Crippen LogP contribution in [0.4, 0.5) is 0 Å². The number of carbonyl (C=O) groups is 2. The third-order valence-electron chi connectivity index (χ3n) is 3.75. The molecular formula is C20H15Br2NO4. The van der Waals surface area contributed by atoms with Crippen molar-refractivity contribution < 1.29 is 19.1 Å². The third kappa shape index (κ3) is 4.54. The van der Waals surface area contributed by atoms with E-state index in [2.05, 4.69) is 36.9 Å². The molecular weight excluding hydrogens is 478 g/mol. The van der Waals surface area contributed by atoms with E-state index >= 15 is 0 Å². The lowest BCUT2D eigenvalue weighted by atomic mass is 10.1. The second-order valence-electron chi connectivity index (χ2n) is 5.84. The molecule has 27 heavy (non-hydrogen) atoms. The molecule has 5 nitrogen and oxygen atoms in total. The smallest absolute Gasteiger partial charge is 0.363 e. The van der Waals surface area contributed by atoms with Gasteiger partial charge in [0.2, 0.25) is 5.90 Å². The number of halogens is 2. The minimum absolute atomic E-state index is 0.197. The number of carbonyl (C=O) groups excluding carboxylic acids is 2. The summed E-state index contributed by atoms with van der Waals surface area (Å²) in [6.45, 7) is 3.70. The molecule has 3 rings (SSSR count). The first kappa shape index (κ1) is 19.5. The molecule has 2 aromatic carbocycles. The number of aryl methyl sites for hydroxylation is 1. The summed E-state index contributed by atoms with van der Waals surface area (Å²) < 4.78 is 11.7. The van der Waals surface area contributed by atoms with Crippen molar-refractivity contribution in [2.24, 2.45) is 4.99 Å². The predicted molar refractivity (Wildman–Crippen MR) is 110 cm³/mol. The molecule has 0 saturated heterocycles. The van der Waals surface area contributed by atoms with Gasteiger partial charge in [0.1, 0.15) is 0 Å². The maximum Gasteiger partial charge on any atom is 0.363 e. The second-order valence-corrected chi connectivity index (χ2v) is 7.55. The highest BCUT2D eigenvalue weighted by atomic mass is 79.9. The molecule has 0 atom stereocenters. The highest BCUT2D eigenvalue weighted by molar-refractivity contribution is 9.11. The zero-order chi connectivity index (χ0) is 19.6. The van der Waals surface area contributed by atoms with Crippen molar-refractivity contribution in [1.29, 1.82) is 0 Å². The Bertz CT molecular complexity index is 955. The van der Waals surface area contributed by atoms with Crippen LogP contribution in [0.25, 0.3) is 6.08 Å². The molecule has 0 radical (unpaired) electrons. The Morgan fingerprint density at radius 2 is 1.81 bits per heavy atom. The van der Waals surface area contributed by atoms with Gasteiger partial charge in [-0.15, -0.1) is 0 Å². The fraction of sp³-hybridized carbons (Fsp3) is 0.150. The van der Waals surface area contributed by atoms with Crippen LogP contribution in [0, 0.1) is 6.92 Å². The molecule has 1 heterocycles. The van der Waals surface area contributed by atoms with E-state index in [0.717, 1.165) is 11.1 Å². The largest absolute Gasteiger partial charge is 0.424 e. The summed E-state index contributed by atoms with van der Waals surface area (Å²) in [5.41, 5.74) is 2.74. The van der Waals surface area contributed by atoms with Crippen LogP contribution in [0.1, 0.15) is 30.0 Å². The van der Waals surface area contributed by atoms with Crippen molar-refractivity contribution in [1.82, 2.24) is 0 Å². The lowest BCUT2D eigenvalue weighted by molar-refractivity contribution is -0.134. The van der Waals surface area contributed by atoms with Crippen LogP contribution in [0.3, 0.4) is 0 Å². The van der Waals surface area contributed by atoms with E-state index in [-0.39, 0.29) is 24.0 Å². The summed E-state index contributed by atoms with van der Waals surface area (Å²) in [7, 11) is 0. The van der Waals surface area contributed by atoms with Gasteiger partial charge in [0.25, 0.3) is 0 Å². The van der Waals surface area contributed by atoms with Crippen molar-refractivity contribution >= 4 is 55.8 Å². The van der Waals surface area contributed by atoms with Gasteiger partial charge in [-0.05, 0) is 74.7 Å². The number of ether oxygens (including phenoxy) is 2. The van der Waals surface area contributed by atoms with Crippen molar-refractivity contribution in [2.75, 3.05) is 0 Å². The molecule has 1 aliphatic rings. The van der Waals surface area contributed by atoms with Gasteiger partial charge in [-0.25, -0.2) is 9.79 Å². The maximum absolute atomic E-state index is 12.2. The molecule has 0 amide bonds. The predicted octanol–water partition coefficient (Wildman–Crippen LogP) is 5.18. The number of nitrogens with zero attached hydrogens (tertiary/aromatic N) is 1. The first-order valence-electron chi connectivity index (χ1n) is 8.16. The van der Waals surface area contributed by atoms with E-state index in [0.29, 0.717) is 20.3 Å². The minimum atomic E-state index is -0.515. The van der Waals surface area contributed by atoms with Crippen LogP contribution in [0.5, 0.6) is 5.75 Å². The Morgan fingerprint density at radius 3 is 2.41 bits per heavy atom. The molecule has 2 aromatic rings. The van der Waals surface area contributed by atoms with Crippen LogP contribution in [-0.4, -0.2) is 17.8 Å². The summed E-state index contributed by atoms with van der Waals surface area (Å²) in [6, 6.07) is 11.0. The minimum Gasteiger partial charge on any atom is -0.424 e. The van der Waals surface area contributed by atoms with Crippen LogP contribution >= 0.6 is 31.9 Å². The van der Waals surface area contributed by atoms with Gasteiger partial charge in [0.15, 0.2) is 11.4 Å². The molecule has 0 N–H and O–H groups in total. The number of benzene rings is 2. The summed E-state index contributed by atoms with van der Waals surface area (Å²) in [4.78, 5) is 28.0. The highest BCUT2D eigenvalue weighted by Crippen LogP contribution is 2.36. The van der Waals surface area contributed by atoms with Crippen LogP contribution in [0.15, 0.2) is 56.0 Å². The van der Waals surface area contributed by atoms with Gasteiger partial charge in [-0.3, -0.25) is 4.79 Å². The van der Waals surface area contributed by atoms with E-state index in [1.807, 2.05) is 31.2 Å². The monoisotopic (exact) mass is 491 g/mol. The van der Waals surface area contributed by atoms with E-state index in [4.69, 9.17) is 9.47 Å². The van der Waals surface area contributed by atoms with Gasteiger partial charge in [-0.2, -0.15) is 0 Å². The summed E-state index contributed by atoms with van der Waals surface area (Å²) in [5, 5.41) is 0. The van der Waals surface area contributed by atoms with Crippen molar-refractivity contribution in [3.63, 3.8) is 0 Å². The Morgan fingerprint density at radius 1 is 1.19 bits per heavy atom. The Hall–Kier alpha value is -2.25. The van der Waals surface area contributed by atoms with Crippen molar-refractivity contribution in [3.05, 3.63) is 67.7 Å². The lowest BCUT2D eigenvalue weighted by Gasteiger charge is -2.09. The van der Waals surface area contributed by atoms with E-state index < -0.39 is 5.97 Å². The lowest BCUT2D eigenvalue weighted by Crippen LogP contribution is -2.06. The van der Waals surface area contributed by atoms with E-state index in [9.17, 15) is 9.59 Å². The normalized spacial score (nSPS) is 14.9. The molecule has 7 heteroatoms. The number of esters is 2. The topological polar surface area (TPSA) is 65.0 Å². The molecule has 0 aromatic heterocycles. The molecule has 0 unspecified atom stereocenters. The van der Waals surface area contributed by atoms with Gasteiger partial charge in [0.05, 0.1) is 8.95 Å². The molecule has 0 spiro atoms. The number of aliphatic imine (C=N–C) groups is 1. The SMILES string of the molecule is CCC(=O)Oc1c(Br)cc(/C=C2\N=C(c3ccc(C)cc3)OC2=O)cc1Br. The van der Waals surface area contributed by atoms with Gasteiger partial charge in [0, 0.05) is 12.0 Å². The highest BCUT2D eigenvalue weighted by Gasteiger charge is 2.24. The number of hydrogen-bond acceptors (Lipinski definition) is 5. The molecule has 0 aliphatic carbocycles. The molecule has 0 fully saturated rings. The molecule has 0 bridgehead atoms. The van der Waals surface area contributed by atoms with Gasteiger partial charge < -0.3 is 9.47 Å². The average molecular weight is 493 g/mol. The Kier molecular flexibility index (Phi) is 5.92. The second kappa shape index (κ2) is 8.19. The molecule has 1 aliphatic heterocycles. The van der Waals surface area contributed by atoms with Crippen LogP contribution < -0.4 is 4.74 Å². The van der Waals surface area contributed by atoms with Crippen LogP contribution in [0.2, 0.25) is 0 Å². The zero-order valence-corrected chi connectivity index (χ0v) is 17.8. The maximum atomic E-state index is 12.2. The standard InChI is InChI=1S/C20H15Br2NO4/c1-3-17(24)26-18-14(21)8-12(9-15(18)22)10-16-20(25)27-19(23-16)13-6-4-11(2)5-7-13/h4-10H,3H2,1-2H3/b16-10-. The Labute approximate surface area is 173 Å². The van der Waals surface area contributed by atoms with Gasteiger partial charge in [-0.1, -0.05) is 24.6 Å². The van der Waals surface area contributed by atoms with Crippen molar-refractivity contribution in [2.45, 2.75) is 20.3 Å². The van der Waals surface area contributed by atoms with E-state index in [1.165, 1.54) is 0 Å². The summed E-state index contributed by atoms with van der Waals surface area (Å²) >= 11 is 6.77. The number of rotatable bonds is 4. The van der Waals surface area contributed by atoms with Crippen LogP contribution in [-0.2, 0) is 14.3 Å². The first-order chi connectivity index (χ1) is 12.9. The van der Waals surface area contributed by atoms with Crippen molar-refractivity contribution in [3.8, 4) is 5.75 Å². The first-order valence-corrected chi connectivity index (χ1v) is 9.75. The van der Waals surface area contributed by atoms with E-state index in [1.54, 1.807) is 25.1 Å². The number of hydrogen-bond donors (Lipinski definition) is 0. The molecule has 138 valence electrons. The van der Waals surface area contributed by atoms with Gasteiger partial charge >= 0.3 is 11.9 Å². The Balaban J connectivity index is 1.90. The molecule has 0 saturated carbocycles. The summed E-state index contributed by atoms with van der Waals surface area (Å²) in [5.74, 6) is -0.187. The summed E-state index contributed by atoms with van der Waals surface area (Å²) in [6.07, 6.45) is 1.89. The quantitative estimate of drug-likeness (QED) is 0.335. The fourth-order valence-electron chi connectivity index (χ4n) is 2.33. The third-order valence-corrected chi connectivity index (χ3v) is 4.93. The zero-order valence-electron chi connectivity index (χ0n) is 14.6. The average Bonchev–Trinajstić information content (AvgIpc) is 2.99. The number of cyclic esters (lactones) is 1.